The van der Waals surface area contributed by atoms with Gasteiger partial charge in [-0.15, -0.1) is 0 Å². The number of nitrogens with zero attached hydrogens (tertiary/aromatic N) is 4. The van der Waals surface area contributed by atoms with E-state index in [4.69, 9.17) is 4.74 Å². The molecule has 0 atom stereocenters. The van der Waals surface area contributed by atoms with Crippen LogP contribution >= 0.6 is 0 Å². The largest absolute Gasteiger partial charge is 0.381 e. The average Bonchev–Trinajstić information content (AvgIpc) is 2.57. The number of ether oxygens (including phenoxy) is 1. The van der Waals surface area contributed by atoms with Crippen molar-refractivity contribution in [1.29, 1.82) is 0 Å². The van der Waals surface area contributed by atoms with Gasteiger partial charge in [0.25, 0.3) is 0 Å². The third kappa shape index (κ3) is 5.07. The molecular weight excluding hydrogens is 302 g/mol. The first kappa shape index (κ1) is 19.5. The van der Waals surface area contributed by atoms with Crippen molar-refractivity contribution in [3.63, 3.8) is 0 Å². The summed E-state index contributed by atoms with van der Waals surface area (Å²) in [4.78, 5) is 11.9. The van der Waals surface area contributed by atoms with Crippen LogP contribution in [0, 0.1) is 5.92 Å². The van der Waals surface area contributed by atoms with Crippen LogP contribution in [0.2, 0.25) is 0 Å². The fourth-order valence-corrected chi connectivity index (χ4v) is 3.77. The van der Waals surface area contributed by atoms with E-state index in [9.17, 15) is 0 Å². The predicted octanol–water partition coefficient (Wildman–Crippen LogP) is 0.946. The van der Waals surface area contributed by atoms with Crippen molar-refractivity contribution >= 4 is 5.96 Å². The lowest BCUT2D eigenvalue weighted by molar-refractivity contribution is -0.00535. The maximum atomic E-state index is 5.57. The minimum Gasteiger partial charge on any atom is -0.381 e. The maximum absolute atomic E-state index is 5.57. The zero-order valence-corrected chi connectivity index (χ0v) is 16.3. The summed E-state index contributed by atoms with van der Waals surface area (Å²) in [6, 6.07) is 0. The van der Waals surface area contributed by atoms with E-state index >= 15 is 0 Å². The van der Waals surface area contributed by atoms with Crippen molar-refractivity contribution in [2.45, 2.75) is 32.2 Å². The van der Waals surface area contributed by atoms with Crippen LogP contribution in [0.4, 0.5) is 0 Å². The molecule has 6 nitrogen and oxygen atoms in total. The third-order valence-corrected chi connectivity index (χ3v) is 5.45. The van der Waals surface area contributed by atoms with E-state index in [0.717, 1.165) is 70.7 Å². The van der Waals surface area contributed by atoms with Crippen molar-refractivity contribution in [2.24, 2.45) is 10.9 Å². The number of piperazine rings is 1. The Kier molecular flexibility index (Phi) is 7.32. The second kappa shape index (κ2) is 9.02. The van der Waals surface area contributed by atoms with Crippen molar-refractivity contribution in [1.82, 2.24) is 20.0 Å². The van der Waals surface area contributed by atoms with Crippen LogP contribution in [0.15, 0.2) is 4.99 Å². The molecule has 0 saturated carbocycles. The van der Waals surface area contributed by atoms with Gasteiger partial charge in [-0.25, -0.2) is 0 Å². The highest BCUT2D eigenvalue weighted by Gasteiger charge is 2.35. The lowest BCUT2D eigenvalue weighted by Gasteiger charge is -2.44. The van der Waals surface area contributed by atoms with E-state index in [2.05, 4.69) is 53.0 Å². The lowest BCUT2D eigenvalue weighted by atomic mass is 9.88. The zero-order valence-electron chi connectivity index (χ0n) is 16.3. The van der Waals surface area contributed by atoms with E-state index in [1.807, 2.05) is 7.05 Å². The van der Waals surface area contributed by atoms with E-state index in [0.29, 0.717) is 0 Å². The Hall–Kier alpha value is -0.850. The zero-order chi connectivity index (χ0) is 17.6. The van der Waals surface area contributed by atoms with E-state index < -0.39 is 0 Å². The average molecular weight is 340 g/mol. The summed E-state index contributed by atoms with van der Waals surface area (Å²) in [5, 5.41) is 3.65. The van der Waals surface area contributed by atoms with Crippen LogP contribution < -0.4 is 5.32 Å². The molecule has 2 heterocycles. The molecule has 0 aromatic heterocycles. The van der Waals surface area contributed by atoms with Gasteiger partial charge in [-0.05, 0) is 32.9 Å². The molecule has 0 aromatic carbocycles. The van der Waals surface area contributed by atoms with Gasteiger partial charge in [-0.2, -0.15) is 0 Å². The summed E-state index contributed by atoms with van der Waals surface area (Å²) in [6.45, 7) is 12.8. The minimum absolute atomic E-state index is 0.174. The van der Waals surface area contributed by atoms with Gasteiger partial charge in [-0.3, -0.25) is 9.89 Å². The molecule has 6 heteroatoms. The van der Waals surface area contributed by atoms with Gasteiger partial charge in [0.15, 0.2) is 5.96 Å². The fourth-order valence-electron chi connectivity index (χ4n) is 3.77. The first-order valence-corrected chi connectivity index (χ1v) is 9.40. The standard InChI is InChI=1S/C18H37N5O/c1-16(2)14-22-8-10-23(11-9-22)17(19-3)20-15-18(21(4)5)6-12-24-13-7-18/h16H,6-15H2,1-5H3,(H,19,20). The molecule has 0 radical (unpaired) electrons. The first-order valence-electron chi connectivity index (χ1n) is 9.40. The lowest BCUT2D eigenvalue weighted by Crippen LogP contribution is -2.59. The van der Waals surface area contributed by atoms with Gasteiger partial charge in [-0.1, -0.05) is 13.8 Å². The molecule has 2 rings (SSSR count). The summed E-state index contributed by atoms with van der Waals surface area (Å²) < 4.78 is 5.57. The van der Waals surface area contributed by atoms with Crippen LogP contribution in [-0.4, -0.2) is 99.8 Å². The quantitative estimate of drug-likeness (QED) is 0.597. The number of likely N-dealkylation sites (N-methyl/N-ethyl adjacent to an activating group) is 1. The van der Waals surface area contributed by atoms with Crippen molar-refractivity contribution in [3.05, 3.63) is 0 Å². The predicted molar refractivity (Wildman–Crippen MR) is 101 cm³/mol. The van der Waals surface area contributed by atoms with Gasteiger partial charge >= 0.3 is 0 Å². The Morgan fingerprint density at radius 3 is 2.29 bits per heavy atom. The Labute approximate surface area is 148 Å². The highest BCUT2D eigenvalue weighted by atomic mass is 16.5. The maximum Gasteiger partial charge on any atom is 0.193 e. The highest BCUT2D eigenvalue weighted by molar-refractivity contribution is 5.80. The number of hydrogen-bond donors (Lipinski definition) is 1. The van der Waals surface area contributed by atoms with Crippen LogP contribution in [0.3, 0.4) is 0 Å². The summed E-state index contributed by atoms with van der Waals surface area (Å²) >= 11 is 0. The van der Waals surface area contributed by atoms with Crippen LogP contribution in [-0.2, 0) is 4.74 Å². The van der Waals surface area contributed by atoms with Gasteiger partial charge in [0.05, 0.1) is 0 Å². The molecule has 2 fully saturated rings. The Morgan fingerprint density at radius 2 is 1.79 bits per heavy atom. The molecule has 24 heavy (non-hydrogen) atoms. The Bertz CT molecular complexity index is 396. The van der Waals surface area contributed by atoms with Crippen LogP contribution in [0.5, 0.6) is 0 Å². The summed E-state index contributed by atoms with van der Waals surface area (Å²) in [6.07, 6.45) is 2.15. The van der Waals surface area contributed by atoms with E-state index in [1.165, 1.54) is 6.54 Å². The van der Waals surface area contributed by atoms with Gasteiger partial charge in [0.2, 0.25) is 0 Å². The summed E-state index contributed by atoms with van der Waals surface area (Å²) in [5.41, 5.74) is 0.174. The van der Waals surface area contributed by atoms with E-state index in [-0.39, 0.29) is 5.54 Å². The number of aliphatic imine (C=N–C) groups is 1. The van der Waals surface area contributed by atoms with Crippen molar-refractivity contribution in [3.8, 4) is 0 Å². The first-order chi connectivity index (χ1) is 11.5. The van der Waals surface area contributed by atoms with Crippen molar-refractivity contribution < 1.29 is 4.74 Å². The molecule has 140 valence electrons. The monoisotopic (exact) mass is 339 g/mol. The molecule has 2 aliphatic heterocycles. The van der Waals surface area contributed by atoms with E-state index in [1.54, 1.807) is 0 Å². The molecule has 1 N–H and O–H groups in total. The molecule has 0 unspecified atom stereocenters. The van der Waals surface area contributed by atoms with Gasteiger partial charge in [0.1, 0.15) is 0 Å². The van der Waals surface area contributed by atoms with Crippen LogP contribution in [0.1, 0.15) is 26.7 Å². The molecule has 2 saturated heterocycles. The normalized spacial score (nSPS) is 23.1. The second-order valence-electron chi connectivity index (χ2n) is 7.81. The second-order valence-corrected chi connectivity index (χ2v) is 7.81. The van der Waals surface area contributed by atoms with Gasteiger partial charge < -0.3 is 19.9 Å². The highest BCUT2D eigenvalue weighted by Crippen LogP contribution is 2.25. The van der Waals surface area contributed by atoms with Gasteiger partial charge in [0, 0.05) is 65.1 Å². The van der Waals surface area contributed by atoms with Crippen molar-refractivity contribution in [2.75, 3.05) is 73.6 Å². The minimum atomic E-state index is 0.174. The number of hydrogen-bond acceptors (Lipinski definition) is 4. The third-order valence-electron chi connectivity index (χ3n) is 5.45. The number of rotatable bonds is 5. The molecule has 0 bridgehead atoms. The van der Waals surface area contributed by atoms with Crippen LogP contribution in [0.25, 0.3) is 0 Å². The Balaban J connectivity index is 1.86. The number of guanidine groups is 1. The Morgan fingerprint density at radius 1 is 1.17 bits per heavy atom. The molecule has 0 aliphatic carbocycles. The number of nitrogens with one attached hydrogen (secondary N) is 1. The smallest absolute Gasteiger partial charge is 0.193 e. The summed E-state index contributed by atoms with van der Waals surface area (Å²) in [5.74, 6) is 1.79. The molecule has 0 aromatic rings. The molecular formula is C18H37N5O. The fraction of sp³-hybridized carbons (Fsp3) is 0.944. The molecule has 2 aliphatic rings. The topological polar surface area (TPSA) is 43.3 Å². The molecule has 0 spiro atoms. The summed E-state index contributed by atoms with van der Waals surface area (Å²) in [7, 11) is 6.26. The molecule has 0 amide bonds. The SMILES string of the molecule is CN=C(NCC1(N(C)C)CCOCC1)N1CCN(CC(C)C)CC1.